The first-order valence-electron chi connectivity index (χ1n) is 5.96. The molecule has 102 valence electrons. The first-order chi connectivity index (χ1) is 9.10. The molecule has 1 heterocycles. The summed E-state index contributed by atoms with van der Waals surface area (Å²) in [6.07, 6.45) is 4.51. The summed E-state index contributed by atoms with van der Waals surface area (Å²) in [5, 5.41) is 4.06. The Labute approximate surface area is 110 Å². The van der Waals surface area contributed by atoms with Gasteiger partial charge >= 0.3 is 0 Å². The van der Waals surface area contributed by atoms with Crippen LogP contribution in [0.15, 0.2) is 30.6 Å². The normalized spacial score (nSPS) is 12.6. The Kier molecular flexibility index (Phi) is 4.24. The predicted octanol–water partition coefficient (Wildman–Crippen LogP) is 1.32. The quantitative estimate of drug-likeness (QED) is 0.634. The smallest absolute Gasteiger partial charge is 0.162 e. The van der Waals surface area contributed by atoms with E-state index in [1.807, 2.05) is 13.2 Å². The van der Waals surface area contributed by atoms with Crippen LogP contribution in [0.2, 0.25) is 0 Å². The molecule has 1 aromatic heterocycles. The van der Waals surface area contributed by atoms with E-state index in [2.05, 4.69) is 10.5 Å². The molecule has 0 spiro atoms. The molecule has 0 fully saturated rings. The number of halogens is 2. The monoisotopic (exact) mass is 266 g/mol. The second-order valence-corrected chi connectivity index (χ2v) is 4.51. The largest absolute Gasteiger partial charge is 0.276 e. The van der Waals surface area contributed by atoms with Gasteiger partial charge in [0, 0.05) is 19.3 Å². The molecule has 0 aliphatic heterocycles. The number of rotatable bonds is 5. The highest BCUT2D eigenvalue weighted by atomic mass is 19.2. The van der Waals surface area contributed by atoms with Crippen LogP contribution >= 0.6 is 0 Å². The molecule has 0 saturated carbocycles. The maximum atomic E-state index is 13.6. The summed E-state index contributed by atoms with van der Waals surface area (Å²) in [6, 6.07) is 3.97. The van der Waals surface area contributed by atoms with Gasteiger partial charge in [-0.1, -0.05) is 12.1 Å². The number of benzene rings is 1. The van der Waals surface area contributed by atoms with E-state index in [1.54, 1.807) is 16.9 Å². The van der Waals surface area contributed by atoms with Crippen LogP contribution in [0.3, 0.4) is 0 Å². The van der Waals surface area contributed by atoms with Gasteiger partial charge < -0.3 is 0 Å². The van der Waals surface area contributed by atoms with Crippen molar-refractivity contribution in [2.24, 2.45) is 12.9 Å². The van der Waals surface area contributed by atoms with E-state index >= 15 is 0 Å². The van der Waals surface area contributed by atoms with Crippen molar-refractivity contribution >= 4 is 0 Å². The highest BCUT2D eigenvalue weighted by Crippen LogP contribution is 2.14. The number of aromatic nitrogens is 2. The van der Waals surface area contributed by atoms with Crippen molar-refractivity contribution in [1.29, 1.82) is 0 Å². The van der Waals surface area contributed by atoms with Crippen LogP contribution in [0.25, 0.3) is 0 Å². The molecule has 1 aromatic carbocycles. The van der Waals surface area contributed by atoms with Gasteiger partial charge in [-0.25, -0.2) is 8.78 Å². The number of hydrogen-bond acceptors (Lipinski definition) is 3. The van der Waals surface area contributed by atoms with Crippen LogP contribution in [-0.4, -0.2) is 15.8 Å². The lowest BCUT2D eigenvalue weighted by atomic mass is 10.0. The van der Waals surface area contributed by atoms with Crippen LogP contribution in [0.1, 0.15) is 11.1 Å². The molecule has 0 aliphatic rings. The maximum Gasteiger partial charge on any atom is 0.162 e. The molecular weight excluding hydrogens is 250 g/mol. The Bertz CT molecular complexity index is 553. The van der Waals surface area contributed by atoms with Crippen LogP contribution < -0.4 is 11.3 Å². The van der Waals surface area contributed by atoms with E-state index in [4.69, 9.17) is 5.84 Å². The summed E-state index contributed by atoms with van der Waals surface area (Å²) in [7, 11) is 1.82. The zero-order valence-corrected chi connectivity index (χ0v) is 10.6. The van der Waals surface area contributed by atoms with Gasteiger partial charge in [-0.3, -0.25) is 16.0 Å². The Balaban J connectivity index is 2.08. The van der Waals surface area contributed by atoms with E-state index in [-0.39, 0.29) is 6.04 Å². The molecule has 1 atom stereocenters. The van der Waals surface area contributed by atoms with E-state index in [1.165, 1.54) is 6.07 Å². The lowest BCUT2D eigenvalue weighted by molar-refractivity contribution is 0.474. The molecule has 2 rings (SSSR count). The predicted molar refractivity (Wildman–Crippen MR) is 68.1 cm³/mol. The molecule has 0 saturated heterocycles. The number of hydrazine groups is 1. The van der Waals surface area contributed by atoms with Crippen molar-refractivity contribution < 1.29 is 8.78 Å². The van der Waals surface area contributed by atoms with Gasteiger partial charge in [0.1, 0.15) is 0 Å². The average molecular weight is 266 g/mol. The average Bonchev–Trinajstić information content (AvgIpc) is 2.79. The number of hydrogen-bond donors (Lipinski definition) is 2. The number of nitrogens with zero attached hydrogens (tertiary/aromatic N) is 2. The summed E-state index contributed by atoms with van der Waals surface area (Å²) in [5.41, 5.74) is 3.93. The zero-order valence-electron chi connectivity index (χ0n) is 10.6. The molecule has 0 amide bonds. The fourth-order valence-electron chi connectivity index (χ4n) is 2.02. The minimum Gasteiger partial charge on any atom is -0.276 e. The molecule has 19 heavy (non-hydrogen) atoms. The summed E-state index contributed by atoms with van der Waals surface area (Å²) in [6.45, 7) is 0. The highest BCUT2D eigenvalue weighted by molar-refractivity contribution is 5.20. The third kappa shape index (κ3) is 3.36. The fraction of sp³-hybridized carbons (Fsp3) is 0.308. The summed E-state index contributed by atoms with van der Waals surface area (Å²) >= 11 is 0. The standard InChI is InChI=1S/C13H16F2N4/c1-19-8-9(7-17-19)5-11(18-16)6-10-3-2-4-12(14)13(10)15/h2-4,7-8,11,18H,5-6,16H2,1H3. The third-order valence-electron chi connectivity index (χ3n) is 2.97. The van der Waals surface area contributed by atoms with Gasteiger partial charge in [0.15, 0.2) is 11.6 Å². The van der Waals surface area contributed by atoms with E-state index in [0.717, 1.165) is 11.6 Å². The van der Waals surface area contributed by atoms with Gasteiger partial charge in [-0.2, -0.15) is 5.10 Å². The van der Waals surface area contributed by atoms with Gasteiger partial charge in [0.2, 0.25) is 0 Å². The van der Waals surface area contributed by atoms with Gasteiger partial charge in [0.05, 0.1) is 6.20 Å². The molecule has 0 aliphatic carbocycles. The first kappa shape index (κ1) is 13.6. The number of nitrogens with one attached hydrogen (secondary N) is 1. The molecule has 3 N–H and O–H groups in total. The van der Waals surface area contributed by atoms with Crippen LogP contribution in [-0.2, 0) is 19.9 Å². The van der Waals surface area contributed by atoms with Crippen LogP contribution in [0.5, 0.6) is 0 Å². The van der Waals surface area contributed by atoms with Crippen LogP contribution in [0, 0.1) is 11.6 Å². The first-order valence-corrected chi connectivity index (χ1v) is 5.96. The molecule has 0 bridgehead atoms. The lowest BCUT2D eigenvalue weighted by Gasteiger charge is -2.15. The highest BCUT2D eigenvalue weighted by Gasteiger charge is 2.14. The van der Waals surface area contributed by atoms with Crippen molar-refractivity contribution in [1.82, 2.24) is 15.2 Å². The topological polar surface area (TPSA) is 55.9 Å². The maximum absolute atomic E-state index is 13.6. The molecule has 4 nitrogen and oxygen atoms in total. The Hall–Kier alpha value is -1.79. The molecule has 0 radical (unpaired) electrons. The molecule has 6 heteroatoms. The zero-order chi connectivity index (χ0) is 13.8. The number of nitrogens with two attached hydrogens (primary N) is 1. The Morgan fingerprint density at radius 2 is 2.16 bits per heavy atom. The summed E-state index contributed by atoms with van der Waals surface area (Å²) < 4.78 is 28.4. The van der Waals surface area contributed by atoms with Crippen molar-refractivity contribution in [2.75, 3.05) is 0 Å². The SMILES string of the molecule is Cn1cc(CC(Cc2cccc(F)c2F)NN)cn1. The Morgan fingerprint density at radius 1 is 1.37 bits per heavy atom. The van der Waals surface area contributed by atoms with Crippen LogP contribution in [0.4, 0.5) is 8.78 Å². The second kappa shape index (κ2) is 5.90. The molecular formula is C13H16F2N4. The van der Waals surface area contributed by atoms with Crippen molar-refractivity contribution in [2.45, 2.75) is 18.9 Å². The van der Waals surface area contributed by atoms with E-state index in [0.29, 0.717) is 18.4 Å². The van der Waals surface area contributed by atoms with Gasteiger partial charge in [-0.05, 0) is 30.0 Å². The Morgan fingerprint density at radius 3 is 2.79 bits per heavy atom. The minimum absolute atomic E-state index is 0.180. The van der Waals surface area contributed by atoms with Crippen molar-refractivity contribution in [3.05, 3.63) is 53.4 Å². The number of aryl methyl sites for hydroxylation is 1. The van der Waals surface area contributed by atoms with E-state index in [9.17, 15) is 8.78 Å². The minimum atomic E-state index is -0.838. The summed E-state index contributed by atoms with van der Waals surface area (Å²) in [4.78, 5) is 0. The van der Waals surface area contributed by atoms with Crippen molar-refractivity contribution in [3.8, 4) is 0 Å². The summed E-state index contributed by atoms with van der Waals surface area (Å²) in [5.74, 6) is 3.82. The van der Waals surface area contributed by atoms with E-state index < -0.39 is 11.6 Å². The van der Waals surface area contributed by atoms with Gasteiger partial charge in [0.25, 0.3) is 0 Å². The third-order valence-corrected chi connectivity index (χ3v) is 2.97. The van der Waals surface area contributed by atoms with Crippen molar-refractivity contribution in [3.63, 3.8) is 0 Å². The fourth-order valence-corrected chi connectivity index (χ4v) is 2.02. The molecule has 1 unspecified atom stereocenters. The second-order valence-electron chi connectivity index (χ2n) is 4.51. The molecule has 2 aromatic rings. The lowest BCUT2D eigenvalue weighted by Crippen LogP contribution is -2.38. The van der Waals surface area contributed by atoms with Gasteiger partial charge in [-0.15, -0.1) is 0 Å².